The summed E-state index contributed by atoms with van der Waals surface area (Å²) in [6.45, 7) is 11.9. The number of rotatable bonds is 9. The molecule has 0 saturated heterocycles. The summed E-state index contributed by atoms with van der Waals surface area (Å²) in [5, 5.41) is 10.4. The van der Waals surface area contributed by atoms with E-state index in [1.165, 1.54) is 6.26 Å². The topological polar surface area (TPSA) is 59.0 Å². The Morgan fingerprint density at radius 3 is 2.19 bits per heavy atom. The van der Waals surface area contributed by atoms with Crippen molar-refractivity contribution in [3.05, 3.63) is 48.2 Å². The first-order chi connectivity index (χ1) is 12.2. The number of benzene rings is 1. The first-order valence-electron chi connectivity index (χ1n) is 9.23. The Kier molecular flexibility index (Phi) is 9.38. The van der Waals surface area contributed by atoms with Crippen LogP contribution in [0.25, 0.3) is 0 Å². The summed E-state index contributed by atoms with van der Waals surface area (Å²) in [5.74, 6) is -0.208. The number of aliphatic hydroxyl groups is 1. The summed E-state index contributed by atoms with van der Waals surface area (Å²) in [5.41, 5.74) is 1.06. The molecule has 0 fully saturated rings. The van der Waals surface area contributed by atoms with Crippen LogP contribution in [0.15, 0.2) is 42.7 Å². The highest BCUT2D eigenvalue weighted by Crippen LogP contribution is 2.14. The molecule has 1 aromatic rings. The van der Waals surface area contributed by atoms with E-state index in [2.05, 4.69) is 0 Å². The van der Waals surface area contributed by atoms with Gasteiger partial charge in [-0.25, -0.2) is 4.79 Å². The fourth-order valence-corrected chi connectivity index (χ4v) is 2.74. The van der Waals surface area contributed by atoms with Crippen molar-refractivity contribution in [3.63, 3.8) is 0 Å². The largest absolute Gasteiger partial charge is 0.418 e. The average molecular weight is 363 g/mol. The molecular formula is C21H33NO4. The molecule has 0 saturated carbocycles. The number of ether oxygens (including phenoxy) is 2. The second-order valence-electron chi connectivity index (χ2n) is 7.16. The van der Waals surface area contributed by atoms with Crippen LogP contribution >= 0.6 is 0 Å². The molecule has 1 N–H and O–H groups in total. The maximum atomic E-state index is 12.1. The molecule has 3 atom stereocenters. The van der Waals surface area contributed by atoms with Crippen molar-refractivity contribution in [2.75, 3.05) is 0 Å². The minimum absolute atomic E-state index is 0.0605. The van der Waals surface area contributed by atoms with Gasteiger partial charge in [-0.3, -0.25) is 0 Å². The second kappa shape index (κ2) is 11.0. The number of amides is 1. The highest BCUT2D eigenvalue weighted by atomic mass is 16.5. The van der Waals surface area contributed by atoms with E-state index in [9.17, 15) is 9.90 Å². The Morgan fingerprint density at radius 2 is 1.65 bits per heavy atom. The van der Waals surface area contributed by atoms with Crippen molar-refractivity contribution >= 4 is 6.09 Å². The molecule has 1 aromatic carbocycles. The number of hydrogen-bond acceptors (Lipinski definition) is 4. The van der Waals surface area contributed by atoms with E-state index in [0.29, 0.717) is 6.61 Å². The Balaban J connectivity index is 2.48. The summed E-state index contributed by atoms with van der Waals surface area (Å²) in [6, 6.07) is 9.95. The molecule has 0 aromatic heterocycles. The van der Waals surface area contributed by atoms with E-state index < -0.39 is 6.10 Å². The van der Waals surface area contributed by atoms with Crippen LogP contribution in [0.3, 0.4) is 0 Å². The molecule has 0 bridgehead atoms. The van der Waals surface area contributed by atoms with Gasteiger partial charge >= 0.3 is 6.09 Å². The van der Waals surface area contributed by atoms with Crippen molar-refractivity contribution in [2.24, 2.45) is 5.92 Å². The minimum Gasteiger partial charge on any atom is -0.418 e. The first-order valence-corrected chi connectivity index (χ1v) is 9.23. The molecular weight excluding hydrogens is 330 g/mol. The zero-order valence-electron chi connectivity index (χ0n) is 16.8. The summed E-state index contributed by atoms with van der Waals surface area (Å²) < 4.78 is 11.0. The third-order valence-electron chi connectivity index (χ3n) is 4.25. The van der Waals surface area contributed by atoms with Gasteiger partial charge in [0.15, 0.2) is 0 Å². The highest BCUT2D eigenvalue weighted by molar-refractivity contribution is 5.68. The van der Waals surface area contributed by atoms with Crippen molar-refractivity contribution in [3.8, 4) is 0 Å². The Morgan fingerprint density at radius 1 is 1.08 bits per heavy atom. The Bertz CT molecular complexity index is 548. The summed E-state index contributed by atoms with van der Waals surface area (Å²) >= 11 is 0. The Hall–Kier alpha value is -1.85. The van der Waals surface area contributed by atoms with Crippen LogP contribution in [0.1, 0.15) is 47.1 Å². The van der Waals surface area contributed by atoms with E-state index in [4.69, 9.17) is 9.47 Å². The maximum absolute atomic E-state index is 12.1. The van der Waals surface area contributed by atoms with E-state index in [0.717, 1.165) is 5.56 Å². The quantitative estimate of drug-likeness (QED) is 0.662. The van der Waals surface area contributed by atoms with E-state index in [1.807, 2.05) is 71.9 Å². The fraction of sp³-hybridized carbons (Fsp3) is 0.571. The maximum Gasteiger partial charge on any atom is 0.415 e. The lowest BCUT2D eigenvalue weighted by Gasteiger charge is -2.29. The minimum atomic E-state index is -0.694. The molecule has 0 aliphatic rings. The molecule has 26 heavy (non-hydrogen) atoms. The lowest BCUT2D eigenvalue weighted by molar-refractivity contribution is -0.0490. The number of nitrogens with zero attached hydrogens (tertiary/aromatic N) is 1. The molecule has 5 nitrogen and oxygen atoms in total. The molecule has 1 rings (SSSR count). The third-order valence-corrected chi connectivity index (χ3v) is 4.25. The van der Waals surface area contributed by atoms with Crippen molar-refractivity contribution in [2.45, 2.75) is 72.4 Å². The fourth-order valence-electron chi connectivity index (χ4n) is 2.74. The van der Waals surface area contributed by atoms with Gasteiger partial charge in [0.25, 0.3) is 0 Å². The van der Waals surface area contributed by atoms with Gasteiger partial charge in [-0.1, -0.05) is 37.3 Å². The standard InChI is InChI=1S/C21H33NO4/c1-15(2)22(16(3)4)21(24)25-13-12-17(5)20(23)18(6)26-14-19-10-8-7-9-11-19/h7-13,15-18,20,23H,14H2,1-6H3/b13-12-/t17-,18+,20-/m1/s1. The predicted molar refractivity (Wildman–Crippen MR) is 104 cm³/mol. The van der Waals surface area contributed by atoms with Gasteiger partial charge in [-0.05, 0) is 46.3 Å². The summed E-state index contributed by atoms with van der Waals surface area (Å²) in [6.07, 6.45) is 1.62. The van der Waals surface area contributed by atoms with Crippen LogP contribution < -0.4 is 0 Å². The van der Waals surface area contributed by atoms with Crippen molar-refractivity contribution in [1.29, 1.82) is 0 Å². The number of carbonyl (C=O) groups excluding carboxylic acids is 1. The normalized spacial score (nSPS) is 15.3. The van der Waals surface area contributed by atoms with Crippen LogP contribution in [-0.4, -0.2) is 40.4 Å². The smallest absolute Gasteiger partial charge is 0.415 e. The van der Waals surface area contributed by atoms with Gasteiger partial charge in [0, 0.05) is 18.0 Å². The van der Waals surface area contributed by atoms with Crippen LogP contribution in [0.5, 0.6) is 0 Å². The van der Waals surface area contributed by atoms with E-state index in [-0.39, 0.29) is 30.2 Å². The monoisotopic (exact) mass is 363 g/mol. The lowest BCUT2D eigenvalue weighted by atomic mass is 10.0. The van der Waals surface area contributed by atoms with Crippen LogP contribution in [0, 0.1) is 5.92 Å². The van der Waals surface area contributed by atoms with Crippen molar-refractivity contribution in [1.82, 2.24) is 4.90 Å². The number of carbonyl (C=O) groups is 1. The molecule has 0 unspecified atom stereocenters. The Labute approximate surface area is 157 Å². The van der Waals surface area contributed by atoms with Gasteiger partial charge in [0.05, 0.1) is 25.1 Å². The molecule has 1 amide bonds. The predicted octanol–water partition coefficient (Wildman–Crippen LogP) is 4.36. The zero-order valence-corrected chi connectivity index (χ0v) is 16.8. The number of hydrogen-bond donors (Lipinski definition) is 1. The van der Waals surface area contributed by atoms with E-state index in [1.54, 1.807) is 11.0 Å². The molecule has 0 heterocycles. The van der Waals surface area contributed by atoms with Gasteiger partial charge in [0.1, 0.15) is 0 Å². The molecule has 0 aliphatic heterocycles. The van der Waals surface area contributed by atoms with Crippen LogP contribution in [-0.2, 0) is 16.1 Å². The highest BCUT2D eigenvalue weighted by Gasteiger charge is 2.22. The van der Waals surface area contributed by atoms with Gasteiger partial charge in [0.2, 0.25) is 0 Å². The van der Waals surface area contributed by atoms with Gasteiger partial charge < -0.3 is 19.5 Å². The molecule has 0 radical (unpaired) electrons. The second-order valence-corrected chi connectivity index (χ2v) is 7.16. The lowest BCUT2D eigenvalue weighted by Crippen LogP contribution is -2.41. The molecule has 0 spiro atoms. The number of aliphatic hydroxyl groups excluding tert-OH is 1. The van der Waals surface area contributed by atoms with Gasteiger partial charge in [-0.15, -0.1) is 0 Å². The third kappa shape index (κ3) is 7.18. The first kappa shape index (κ1) is 22.2. The molecule has 0 aliphatic carbocycles. The van der Waals surface area contributed by atoms with E-state index >= 15 is 0 Å². The van der Waals surface area contributed by atoms with Gasteiger partial charge in [-0.2, -0.15) is 0 Å². The SMILES string of the molecule is CC(C)N(C(=O)O/C=C\[C@@H](C)[C@@H](O)[C@H](C)OCc1ccccc1)C(C)C. The summed E-state index contributed by atoms with van der Waals surface area (Å²) in [4.78, 5) is 13.8. The zero-order chi connectivity index (χ0) is 19.7. The van der Waals surface area contributed by atoms with Crippen LogP contribution in [0.4, 0.5) is 4.79 Å². The molecule has 146 valence electrons. The van der Waals surface area contributed by atoms with Crippen molar-refractivity contribution < 1.29 is 19.4 Å². The average Bonchev–Trinajstić information content (AvgIpc) is 2.59. The molecule has 5 heteroatoms. The summed E-state index contributed by atoms with van der Waals surface area (Å²) in [7, 11) is 0. The van der Waals surface area contributed by atoms with Crippen LogP contribution in [0.2, 0.25) is 0 Å².